The first kappa shape index (κ1) is 12.1. The molecule has 0 saturated carbocycles. The largest absolute Gasteiger partial charge is 0.462 e. The van der Waals surface area contributed by atoms with Crippen molar-refractivity contribution in [2.45, 2.75) is 6.92 Å². The molecule has 0 atom stereocenters. The summed E-state index contributed by atoms with van der Waals surface area (Å²) in [6.45, 7) is 1.92. The first-order valence-corrected chi connectivity index (χ1v) is 5.86. The Morgan fingerprint density at radius 2 is 2.41 bits per heavy atom. The maximum Gasteiger partial charge on any atom is 0.344 e. The molecular formula is C9H7BrClN3O3. The van der Waals surface area contributed by atoms with E-state index in [4.69, 9.17) is 16.3 Å². The van der Waals surface area contributed by atoms with Crippen LogP contribution in [0.1, 0.15) is 17.3 Å². The Hall–Kier alpha value is -1.34. The van der Waals surface area contributed by atoms with Crippen molar-refractivity contribution in [2.75, 3.05) is 6.61 Å². The zero-order valence-electron chi connectivity index (χ0n) is 8.66. The third kappa shape index (κ3) is 2.07. The van der Waals surface area contributed by atoms with Gasteiger partial charge in [0.15, 0.2) is 5.65 Å². The van der Waals surface area contributed by atoms with Crippen LogP contribution in [0, 0.1) is 0 Å². The summed E-state index contributed by atoms with van der Waals surface area (Å²) in [5.41, 5.74) is -0.0840. The van der Waals surface area contributed by atoms with Gasteiger partial charge in [0.05, 0.1) is 6.61 Å². The highest BCUT2D eigenvalue weighted by molar-refractivity contribution is 9.10. The molecule has 2 heterocycles. The maximum atomic E-state index is 11.7. The number of carbonyl (C=O) groups excluding carboxylic acids is 1. The molecule has 0 bridgehead atoms. The summed E-state index contributed by atoms with van der Waals surface area (Å²) in [5.74, 6) is -0.577. The molecule has 0 spiro atoms. The van der Waals surface area contributed by atoms with Crippen LogP contribution in [0.4, 0.5) is 0 Å². The summed E-state index contributed by atoms with van der Waals surface area (Å²) >= 11 is 8.83. The molecule has 1 N–H and O–H groups in total. The van der Waals surface area contributed by atoms with Crippen molar-refractivity contribution in [2.24, 2.45) is 0 Å². The van der Waals surface area contributed by atoms with Gasteiger partial charge in [-0.15, -0.1) is 0 Å². The fourth-order valence-corrected chi connectivity index (χ4v) is 2.06. The standard InChI is InChI=1S/C9H7BrClN3O3/c1-2-17-9(16)6-7(10)13-14-5(15)3-4(11)12-8(6)14/h3,12H,2H2,1H3. The van der Waals surface area contributed by atoms with E-state index in [1.54, 1.807) is 6.92 Å². The topological polar surface area (TPSA) is 76.5 Å². The number of hydrogen-bond acceptors (Lipinski definition) is 4. The van der Waals surface area contributed by atoms with Crippen LogP contribution in [0.25, 0.3) is 5.65 Å². The molecular weight excluding hydrogens is 313 g/mol. The fourth-order valence-electron chi connectivity index (χ4n) is 1.37. The van der Waals surface area contributed by atoms with Gasteiger partial charge in [0, 0.05) is 6.07 Å². The molecule has 17 heavy (non-hydrogen) atoms. The summed E-state index contributed by atoms with van der Waals surface area (Å²) in [6.07, 6.45) is 0. The van der Waals surface area contributed by atoms with Gasteiger partial charge in [-0.2, -0.15) is 9.61 Å². The Balaban J connectivity index is 2.75. The van der Waals surface area contributed by atoms with E-state index < -0.39 is 11.5 Å². The molecule has 0 amide bonds. The van der Waals surface area contributed by atoms with E-state index in [9.17, 15) is 9.59 Å². The third-order valence-electron chi connectivity index (χ3n) is 2.02. The second-order valence-electron chi connectivity index (χ2n) is 3.10. The van der Waals surface area contributed by atoms with Crippen molar-refractivity contribution < 1.29 is 9.53 Å². The molecule has 2 rings (SSSR count). The van der Waals surface area contributed by atoms with Gasteiger partial charge in [0.2, 0.25) is 0 Å². The zero-order valence-corrected chi connectivity index (χ0v) is 11.0. The number of hydrogen-bond donors (Lipinski definition) is 1. The summed E-state index contributed by atoms with van der Waals surface area (Å²) < 4.78 is 6.14. The third-order valence-corrected chi connectivity index (χ3v) is 2.78. The fraction of sp³-hybridized carbons (Fsp3) is 0.222. The van der Waals surface area contributed by atoms with E-state index in [0.717, 1.165) is 4.52 Å². The predicted octanol–water partition coefficient (Wildman–Crippen LogP) is 1.62. The van der Waals surface area contributed by atoms with Crippen LogP contribution in [0.2, 0.25) is 5.15 Å². The van der Waals surface area contributed by atoms with Gasteiger partial charge >= 0.3 is 5.97 Å². The van der Waals surface area contributed by atoms with Gasteiger partial charge in [0.1, 0.15) is 15.3 Å². The molecule has 0 fully saturated rings. The van der Waals surface area contributed by atoms with Crippen molar-refractivity contribution in [1.29, 1.82) is 0 Å². The number of nitrogens with zero attached hydrogens (tertiary/aromatic N) is 2. The molecule has 0 radical (unpaired) electrons. The van der Waals surface area contributed by atoms with Gasteiger partial charge in [-0.1, -0.05) is 11.6 Å². The first-order valence-electron chi connectivity index (χ1n) is 4.68. The lowest BCUT2D eigenvalue weighted by molar-refractivity contribution is 0.0527. The predicted molar refractivity (Wildman–Crippen MR) is 64.5 cm³/mol. The van der Waals surface area contributed by atoms with Gasteiger partial charge < -0.3 is 9.72 Å². The Morgan fingerprint density at radius 3 is 3.06 bits per heavy atom. The average Bonchev–Trinajstić information content (AvgIpc) is 2.55. The highest BCUT2D eigenvalue weighted by Gasteiger charge is 2.21. The minimum Gasteiger partial charge on any atom is -0.462 e. The number of H-pyrrole nitrogens is 1. The Labute approximate surface area is 109 Å². The van der Waals surface area contributed by atoms with E-state index in [0.29, 0.717) is 0 Å². The molecule has 8 heteroatoms. The van der Waals surface area contributed by atoms with Gasteiger partial charge in [-0.05, 0) is 22.9 Å². The molecule has 0 aliphatic heterocycles. The average molecular weight is 321 g/mol. The molecule has 0 aromatic carbocycles. The molecule has 0 unspecified atom stereocenters. The van der Waals surface area contributed by atoms with E-state index in [1.807, 2.05) is 0 Å². The molecule has 0 aliphatic rings. The molecule has 6 nitrogen and oxygen atoms in total. The number of aromatic nitrogens is 3. The lowest BCUT2D eigenvalue weighted by Gasteiger charge is -2.00. The van der Waals surface area contributed by atoms with Crippen LogP contribution in [0.15, 0.2) is 15.5 Å². The number of ether oxygens (including phenoxy) is 1. The van der Waals surface area contributed by atoms with Crippen molar-refractivity contribution in [3.63, 3.8) is 0 Å². The number of halogens is 2. The van der Waals surface area contributed by atoms with E-state index in [-0.39, 0.29) is 27.6 Å². The monoisotopic (exact) mass is 319 g/mol. The van der Waals surface area contributed by atoms with Gasteiger partial charge in [-0.3, -0.25) is 4.79 Å². The molecule has 2 aromatic heterocycles. The van der Waals surface area contributed by atoms with Crippen LogP contribution < -0.4 is 5.56 Å². The molecule has 0 aliphatic carbocycles. The second-order valence-corrected chi connectivity index (χ2v) is 4.26. The van der Waals surface area contributed by atoms with Gasteiger partial charge in [0.25, 0.3) is 5.56 Å². The number of fused-ring (bicyclic) bond motifs is 1. The van der Waals surface area contributed by atoms with E-state index in [2.05, 4.69) is 26.0 Å². The number of carbonyl (C=O) groups is 1. The summed E-state index contributed by atoms with van der Waals surface area (Å²) in [5, 5.41) is 4.01. The normalized spacial score (nSPS) is 10.8. The minimum atomic E-state index is -0.577. The first-order chi connectivity index (χ1) is 8.04. The summed E-state index contributed by atoms with van der Waals surface area (Å²) in [7, 11) is 0. The lowest BCUT2D eigenvalue weighted by atomic mass is 10.3. The van der Waals surface area contributed by atoms with Crippen LogP contribution in [0.3, 0.4) is 0 Å². The van der Waals surface area contributed by atoms with Crippen LogP contribution in [-0.2, 0) is 4.74 Å². The van der Waals surface area contributed by atoms with E-state index in [1.165, 1.54) is 6.07 Å². The van der Waals surface area contributed by atoms with Crippen molar-refractivity contribution in [3.8, 4) is 0 Å². The lowest BCUT2D eigenvalue weighted by Crippen LogP contribution is -2.14. The van der Waals surface area contributed by atoms with Gasteiger partial charge in [-0.25, -0.2) is 4.79 Å². The molecule has 90 valence electrons. The summed E-state index contributed by atoms with van der Waals surface area (Å²) in [4.78, 5) is 26.0. The summed E-state index contributed by atoms with van der Waals surface area (Å²) in [6, 6.07) is 1.17. The molecule has 0 saturated heterocycles. The number of rotatable bonds is 2. The van der Waals surface area contributed by atoms with Crippen molar-refractivity contribution >= 4 is 39.1 Å². The zero-order chi connectivity index (χ0) is 12.6. The minimum absolute atomic E-state index is 0.125. The Bertz CT molecular complexity index is 649. The Morgan fingerprint density at radius 1 is 1.71 bits per heavy atom. The second kappa shape index (κ2) is 4.50. The van der Waals surface area contributed by atoms with Crippen LogP contribution in [0.5, 0.6) is 0 Å². The smallest absolute Gasteiger partial charge is 0.344 e. The van der Waals surface area contributed by atoms with E-state index >= 15 is 0 Å². The van der Waals surface area contributed by atoms with Crippen LogP contribution in [-0.4, -0.2) is 27.2 Å². The number of nitrogens with one attached hydrogen (secondary N) is 1. The Kier molecular flexibility index (Phi) is 3.21. The highest BCUT2D eigenvalue weighted by atomic mass is 79.9. The number of aromatic amines is 1. The SMILES string of the molecule is CCOC(=O)c1c(Br)nn2c(=O)cc(Cl)[nH]c12. The maximum absolute atomic E-state index is 11.7. The van der Waals surface area contributed by atoms with Crippen LogP contribution >= 0.6 is 27.5 Å². The van der Waals surface area contributed by atoms with Crippen molar-refractivity contribution in [3.05, 3.63) is 31.7 Å². The number of esters is 1. The highest BCUT2D eigenvalue weighted by Crippen LogP contribution is 2.20. The van der Waals surface area contributed by atoms with Crippen molar-refractivity contribution in [1.82, 2.24) is 14.6 Å². The quantitative estimate of drug-likeness (QED) is 0.674. The molecule has 2 aromatic rings.